The molecule has 0 spiro atoms. The van der Waals surface area contributed by atoms with Gasteiger partial charge in [-0.05, 0) is 49.8 Å². The first-order valence-electron chi connectivity index (χ1n) is 10.8. The van der Waals surface area contributed by atoms with Crippen LogP contribution < -0.4 is 11.1 Å². The van der Waals surface area contributed by atoms with Crippen molar-refractivity contribution in [1.29, 1.82) is 0 Å². The van der Waals surface area contributed by atoms with Crippen LogP contribution in [0.15, 0.2) is 30.7 Å². The largest absolute Gasteiger partial charge is 0.404 e. The first-order chi connectivity index (χ1) is 14.1. The minimum Gasteiger partial charge on any atom is -0.404 e. The minimum atomic E-state index is 0.251. The molecule has 6 nitrogen and oxygen atoms in total. The zero-order valence-electron chi connectivity index (χ0n) is 17.3. The number of allylic oxidation sites excluding steroid dienone is 1. The van der Waals surface area contributed by atoms with E-state index in [2.05, 4.69) is 27.4 Å². The van der Waals surface area contributed by atoms with Crippen molar-refractivity contribution in [2.45, 2.75) is 58.0 Å². The molecule has 1 amide bonds. The van der Waals surface area contributed by atoms with Gasteiger partial charge in [-0.15, -0.1) is 0 Å². The number of aromatic nitrogens is 2. The Labute approximate surface area is 172 Å². The number of carbonyl (C=O) groups excluding carboxylic acids is 1. The molecule has 6 heteroatoms. The second-order valence-corrected chi connectivity index (χ2v) is 8.67. The quantitative estimate of drug-likeness (QED) is 0.760. The Hall–Kier alpha value is -2.63. The third-order valence-corrected chi connectivity index (χ3v) is 6.67. The summed E-state index contributed by atoms with van der Waals surface area (Å²) in [6.45, 7) is 3.94. The van der Waals surface area contributed by atoms with Crippen molar-refractivity contribution < 1.29 is 10.2 Å². The van der Waals surface area contributed by atoms with E-state index in [4.69, 9.17) is 11.1 Å². The number of hydrogen-bond donors (Lipinski definition) is 2. The summed E-state index contributed by atoms with van der Waals surface area (Å²) < 4.78 is 2.21. The smallest absolute Gasteiger partial charge is 0.225 e. The number of nitrogens with zero attached hydrogens (tertiary/aromatic N) is 3. The summed E-state index contributed by atoms with van der Waals surface area (Å²) in [7, 11) is 0. The SMILES string of the molecule is CC1CC(Cn2cnc3cc(/C(C=[NH2+])=C/N)ccc32)CN1C(=O)C1CCCCC1. The molecule has 2 fully saturated rings. The van der Waals surface area contributed by atoms with Gasteiger partial charge in [0, 0.05) is 31.2 Å². The Morgan fingerprint density at radius 3 is 2.83 bits per heavy atom. The van der Waals surface area contributed by atoms with Gasteiger partial charge in [-0.2, -0.15) is 0 Å². The van der Waals surface area contributed by atoms with E-state index < -0.39 is 0 Å². The molecule has 1 aromatic heterocycles. The van der Waals surface area contributed by atoms with Gasteiger partial charge in [0.05, 0.1) is 22.9 Å². The summed E-state index contributed by atoms with van der Waals surface area (Å²) in [6.07, 6.45) is 11.8. The van der Waals surface area contributed by atoms with Crippen LogP contribution in [0.4, 0.5) is 0 Å². The molecule has 29 heavy (non-hydrogen) atoms. The zero-order chi connectivity index (χ0) is 20.4. The van der Waals surface area contributed by atoms with E-state index in [0.717, 1.165) is 54.5 Å². The molecule has 0 bridgehead atoms. The van der Waals surface area contributed by atoms with Crippen molar-refractivity contribution in [3.8, 4) is 0 Å². The first kappa shape index (κ1) is 19.7. The van der Waals surface area contributed by atoms with Crippen molar-refractivity contribution in [3.05, 3.63) is 36.3 Å². The second-order valence-electron chi connectivity index (χ2n) is 8.67. The van der Waals surface area contributed by atoms with Crippen LogP contribution in [-0.2, 0) is 11.3 Å². The maximum Gasteiger partial charge on any atom is 0.225 e. The van der Waals surface area contributed by atoms with Crippen molar-refractivity contribution in [1.82, 2.24) is 14.5 Å². The van der Waals surface area contributed by atoms with Gasteiger partial charge in [0.2, 0.25) is 5.91 Å². The summed E-state index contributed by atoms with van der Waals surface area (Å²) in [5.41, 5.74) is 9.44. The molecule has 1 aromatic carbocycles. The van der Waals surface area contributed by atoms with Crippen LogP contribution in [0, 0.1) is 11.8 Å². The number of hydrogen-bond acceptors (Lipinski definition) is 3. The molecule has 154 valence electrons. The number of carbonyl (C=O) groups is 1. The highest BCUT2D eigenvalue weighted by Crippen LogP contribution is 2.31. The summed E-state index contributed by atoms with van der Waals surface area (Å²) >= 11 is 0. The molecule has 4 N–H and O–H groups in total. The van der Waals surface area contributed by atoms with Crippen molar-refractivity contribution in [2.75, 3.05) is 6.54 Å². The maximum atomic E-state index is 13.0. The Morgan fingerprint density at radius 1 is 1.31 bits per heavy atom. The van der Waals surface area contributed by atoms with Crippen molar-refractivity contribution in [2.24, 2.45) is 17.6 Å². The molecule has 1 aliphatic heterocycles. The van der Waals surface area contributed by atoms with Crippen LogP contribution in [0.2, 0.25) is 0 Å². The average Bonchev–Trinajstić information content (AvgIpc) is 3.32. The lowest BCUT2D eigenvalue weighted by molar-refractivity contribution is -0.137. The zero-order valence-corrected chi connectivity index (χ0v) is 17.3. The van der Waals surface area contributed by atoms with E-state index in [9.17, 15) is 4.79 Å². The lowest BCUT2D eigenvalue weighted by Gasteiger charge is -2.29. The minimum absolute atomic E-state index is 0.251. The predicted molar refractivity (Wildman–Crippen MR) is 116 cm³/mol. The number of benzene rings is 1. The lowest BCUT2D eigenvalue weighted by Crippen LogP contribution is -2.39. The number of imidazole rings is 1. The Kier molecular flexibility index (Phi) is 5.69. The van der Waals surface area contributed by atoms with Crippen molar-refractivity contribution in [3.63, 3.8) is 0 Å². The number of likely N-dealkylation sites (tertiary alicyclic amines) is 1. The molecule has 1 aliphatic carbocycles. The molecule has 2 heterocycles. The highest BCUT2D eigenvalue weighted by Gasteiger charge is 2.36. The van der Waals surface area contributed by atoms with Gasteiger partial charge in [-0.3, -0.25) is 10.2 Å². The Morgan fingerprint density at radius 2 is 2.10 bits per heavy atom. The number of fused-ring (bicyclic) bond motifs is 1. The summed E-state index contributed by atoms with van der Waals surface area (Å²) in [5, 5.41) is 5.65. The van der Waals surface area contributed by atoms with E-state index in [1.54, 1.807) is 0 Å². The lowest BCUT2D eigenvalue weighted by atomic mass is 9.88. The van der Waals surface area contributed by atoms with Gasteiger partial charge < -0.3 is 15.2 Å². The van der Waals surface area contributed by atoms with Gasteiger partial charge in [0.1, 0.15) is 0 Å². The second kappa shape index (κ2) is 8.39. The number of amides is 1. The van der Waals surface area contributed by atoms with E-state index in [-0.39, 0.29) is 5.92 Å². The fraction of sp³-hybridized carbons (Fsp3) is 0.522. The van der Waals surface area contributed by atoms with E-state index in [1.807, 2.05) is 18.5 Å². The molecule has 2 unspecified atom stereocenters. The maximum absolute atomic E-state index is 13.0. The van der Waals surface area contributed by atoms with Crippen LogP contribution in [0.25, 0.3) is 16.6 Å². The molecule has 1 saturated heterocycles. The summed E-state index contributed by atoms with van der Waals surface area (Å²) in [4.78, 5) is 19.7. The van der Waals surface area contributed by atoms with Crippen LogP contribution in [0.5, 0.6) is 0 Å². The van der Waals surface area contributed by atoms with Gasteiger partial charge in [-0.25, -0.2) is 4.98 Å². The molecular formula is C23H32N5O+. The fourth-order valence-electron chi connectivity index (χ4n) is 5.08. The fourth-order valence-corrected chi connectivity index (χ4v) is 5.08. The molecule has 1 saturated carbocycles. The Balaban J connectivity index is 1.46. The monoisotopic (exact) mass is 394 g/mol. The van der Waals surface area contributed by atoms with Gasteiger partial charge in [0.25, 0.3) is 0 Å². The highest BCUT2D eigenvalue weighted by atomic mass is 16.2. The normalized spacial score (nSPS) is 23.6. The molecule has 2 aromatic rings. The van der Waals surface area contributed by atoms with Crippen molar-refractivity contribution >= 4 is 28.7 Å². The van der Waals surface area contributed by atoms with E-state index in [1.165, 1.54) is 31.7 Å². The topological polar surface area (TPSA) is 89.7 Å². The van der Waals surface area contributed by atoms with Gasteiger partial charge in [-0.1, -0.05) is 25.3 Å². The molecule has 2 aliphatic rings. The van der Waals surface area contributed by atoms with Crippen LogP contribution in [0.3, 0.4) is 0 Å². The summed E-state index contributed by atoms with van der Waals surface area (Å²) in [6, 6.07) is 6.45. The number of rotatable bonds is 5. The molecule has 0 radical (unpaired) electrons. The van der Waals surface area contributed by atoms with Crippen LogP contribution >= 0.6 is 0 Å². The highest BCUT2D eigenvalue weighted by molar-refractivity contribution is 6.07. The predicted octanol–water partition coefficient (Wildman–Crippen LogP) is 1.98. The van der Waals surface area contributed by atoms with Gasteiger partial charge in [0.15, 0.2) is 6.21 Å². The van der Waals surface area contributed by atoms with E-state index in [0.29, 0.717) is 17.9 Å². The van der Waals surface area contributed by atoms with Crippen LogP contribution in [-0.4, -0.2) is 39.2 Å². The first-order valence-corrected chi connectivity index (χ1v) is 10.8. The Bertz CT molecular complexity index is 924. The molecule has 4 rings (SSSR count). The van der Waals surface area contributed by atoms with E-state index >= 15 is 0 Å². The third-order valence-electron chi connectivity index (χ3n) is 6.67. The number of nitrogens with two attached hydrogens (primary N) is 2. The van der Waals surface area contributed by atoms with Gasteiger partial charge >= 0.3 is 0 Å². The molecule has 2 atom stereocenters. The molecular weight excluding hydrogens is 362 g/mol. The standard InChI is InChI=1S/C23H31N5O/c1-16-9-17(14-28(16)23(29)18-5-3-2-4-6-18)13-27-15-26-21-10-19(7-8-22(21)27)20(11-24)12-25/h7-8,10-12,15-18,24H,2-6,9,13-14,25H2,1H3/p+1/b20-12+,24-11?. The third kappa shape index (κ3) is 3.93. The summed E-state index contributed by atoms with van der Waals surface area (Å²) in [5.74, 6) is 1.10. The average molecular weight is 395 g/mol. The van der Waals surface area contributed by atoms with Crippen LogP contribution in [0.1, 0.15) is 51.0 Å².